The first-order valence-corrected chi connectivity index (χ1v) is 10.7. The highest BCUT2D eigenvalue weighted by Gasteiger charge is 2.18. The first-order chi connectivity index (χ1) is 15.9. The van der Waals surface area contributed by atoms with Crippen LogP contribution in [0.25, 0.3) is 11.4 Å². The number of hydrogen-bond acceptors (Lipinski definition) is 6. The lowest BCUT2D eigenvalue weighted by molar-refractivity contribution is -0.121. The molecule has 33 heavy (non-hydrogen) atoms. The molecule has 0 bridgehead atoms. The number of rotatable bonds is 9. The second kappa shape index (κ2) is 11.0. The van der Waals surface area contributed by atoms with Crippen LogP contribution in [0.15, 0.2) is 47.3 Å². The number of nitrogens with one attached hydrogen (secondary N) is 1. The average Bonchev–Trinajstić information content (AvgIpc) is 2.81. The van der Waals surface area contributed by atoms with Crippen LogP contribution in [0.4, 0.5) is 0 Å². The second-order valence-electron chi connectivity index (χ2n) is 7.34. The third kappa shape index (κ3) is 5.71. The second-order valence-corrected chi connectivity index (χ2v) is 7.78. The lowest BCUT2D eigenvalue weighted by atomic mass is 10.1. The summed E-state index contributed by atoms with van der Waals surface area (Å²) in [6.07, 6.45) is 0.154. The predicted molar refractivity (Wildman–Crippen MR) is 126 cm³/mol. The molecule has 0 atom stereocenters. The normalized spacial score (nSPS) is 10.7. The van der Waals surface area contributed by atoms with Crippen LogP contribution in [0, 0.1) is 6.92 Å². The zero-order valence-electron chi connectivity index (χ0n) is 18.7. The van der Waals surface area contributed by atoms with E-state index < -0.39 is 0 Å². The van der Waals surface area contributed by atoms with E-state index in [9.17, 15) is 14.7 Å². The van der Waals surface area contributed by atoms with Crippen molar-refractivity contribution in [1.29, 1.82) is 0 Å². The van der Waals surface area contributed by atoms with Gasteiger partial charge in [0.25, 0.3) is 5.56 Å². The standard InChI is InChI=1S/C24H26ClN3O5/c1-15-19(9-10-29)24(31)28(23(27-15)17-5-4-6-18(25)12-17)14-22(30)26-13-16-7-8-20(32-2)21(11-16)33-3/h4-8,11-12,29H,9-10,13-14H2,1-3H3,(H,26,30). The summed E-state index contributed by atoms with van der Waals surface area (Å²) in [6.45, 7) is 1.52. The number of benzene rings is 2. The van der Waals surface area contributed by atoms with E-state index in [1.807, 2.05) is 6.07 Å². The van der Waals surface area contributed by atoms with Crippen LogP contribution in [0.3, 0.4) is 0 Å². The highest BCUT2D eigenvalue weighted by Crippen LogP contribution is 2.27. The van der Waals surface area contributed by atoms with Crippen LogP contribution in [0.1, 0.15) is 16.8 Å². The molecule has 1 aromatic heterocycles. The number of nitrogens with zero attached hydrogens (tertiary/aromatic N) is 2. The largest absolute Gasteiger partial charge is 0.493 e. The van der Waals surface area contributed by atoms with E-state index in [2.05, 4.69) is 10.3 Å². The molecule has 1 amide bonds. The number of aryl methyl sites for hydroxylation is 1. The highest BCUT2D eigenvalue weighted by molar-refractivity contribution is 6.30. The van der Waals surface area contributed by atoms with Crippen molar-refractivity contribution in [1.82, 2.24) is 14.9 Å². The molecule has 0 saturated carbocycles. The quantitative estimate of drug-likeness (QED) is 0.497. The van der Waals surface area contributed by atoms with Crippen LogP contribution < -0.4 is 20.3 Å². The van der Waals surface area contributed by atoms with Crippen molar-refractivity contribution >= 4 is 17.5 Å². The number of carbonyl (C=O) groups excluding carboxylic acids is 1. The van der Waals surface area contributed by atoms with Crippen LogP contribution in [-0.2, 0) is 24.3 Å². The number of aromatic nitrogens is 2. The summed E-state index contributed by atoms with van der Waals surface area (Å²) >= 11 is 6.13. The number of ether oxygens (including phenoxy) is 2. The highest BCUT2D eigenvalue weighted by atomic mass is 35.5. The number of hydrogen-bond donors (Lipinski definition) is 2. The summed E-state index contributed by atoms with van der Waals surface area (Å²) in [7, 11) is 3.09. The van der Waals surface area contributed by atoms with Gasteiger partial charge in [0.1, 0.15) is 12.4 Å². The van der Waals surface area contributed by atoms with Gasteiger partial charge in [0.05, 0.1) is 14.2 Å². The molecule has 3 aromatic rings. The molecule has 0 aliphatic carbocycles. The SMILES string of the molecule is COc1ccc(CNC(=O)Cn2c(-c3cccc(Cl)c3)nc(C)c(CCO)c2=O)cc1OC. The molecule has 0 fully saturated rings. The molecule has 0 aliphatic heterocycles. The molecule has 3 rings (SSSR count). The summed E-state index contributed by atoms with van der Waals surface area (Å²) in [6, 6.07) is 12.3. The number of halogens is 1. The molecule has 0 saturated heterocycles. The minimum Gasteiger partial charge on any atom is -0.493 e. The maximum Gasteiger partial charge on any atom is 0.257 e. The van der Waals surface area contributed by atoms with Gasteiger partial charge in [-0.3, -0.25) is 14.2 Å². The molecule has 0 unspecified atom stereocenters. The lowest BCUT2D eigenvalue weighted by Gasteiger charge is -2.16. The molecule has 0 radical (unpaired) electrons. The van der Waals surface area contributed by atoms with Crippen molar-refractivity contribution in [3.05, 3.63) is 74.7 Å². The van der Waals surface area contributed by atoms with Gasteiger partial charge in [0, 0.05) is 41.4 Å². The zero-order valence-corrected chi connectivity index (χ0v) is 19.5. The Balaban J connectivity index is 1.89. The summed E-state index contributed by atoms with van der Waals surface area (Å²) in [5, 5.41) is 12.7. The third-order valence-electron chi connectivity index (χ3n) is 5.15. The van der Waals surface area contributed by atoms with E-state index in [1.165, 1.54) is 4.57 Å². The van der Waals surface area contributed by atoms with Gasteiger partial charge in [-0.05, 0) is 36.8 Å². The number of aliphatic hydroxyl groups is 1. The third-order valence-corrected chi connectivity index (χ3v) is 5.39. The molecule has 0 aliphatic rings. The van der Waals surface area contributed by atoms with E-state index in [-0.39, 0.29) is 37.6 Å². The number of methoxy groups -OCH3 is 2. The Labute approximate surface area is 196 Å². The number of aliphatic hydroxyl groups excluding tert-OH is 1. The van der Waals surface area contributed by atoms with Crippen molar-refractivity contribution in [3.8, 4) is 22.9 Å². The van der Waals surface area contributed by atoms with E-state index in [4.69, 9.17) is 21.1 Å². The van der Waals surface area contributed by atoms with Crippen LogP contribution in [-0.4, -0.2) is 41.4 Å². The van der Waals surface area contributed by atoms with E-state index >= 15 is 0 Å². The summed E-state index contributed by atoms with van der Waals surface area (Å²) < 4.78 is 11.8. The first-order valence-electron chi connectivity index (χ1n) is 10.3. The monoisotopic (exact) mass is 471 g/mol. The Hall–Kier alpha value is -3.36. The van der Waals surface area contributed by atoms with Crippen LogP contribution >= 0.6 is 11.6 Å². The maximum absolute atomic E-state index is 13.2. The molecule has 2 N–H and O–H groups in total. The Morgan fingerprint density at radius 3 is 2.58 bits per heavy atom. The molecule has 174 valence electrons. The number of amides is 1. The summed E-state index contributed by atoms with van der Waals surface area (Å²) in [5.41, 5.74) is 1.94. The van der Waals surface area contributed by atoms with Gasteiger partial charge in [-0.2, -0.15) is 0 Å². The van der Waals surface area contributed by atoms with Crippen molar-refractivity contribution in [3.63, 3.8) is 0 Å². The molecular formula is C24H26ClN3O5. The van der Waals surface area contributed by atoms with Crippen LogP contribution in [0.5, 0.6) is 11.5 Å². The Morgan fingerprint density at radius 2 is 1.91 bits per heavy atom. The van der Waals surface area contributed by atoms with Gasteiger partial charge >= 0.3 is 0 Å². The molecular weight excluding hydrogens is 446 g/mol. The smallest absolute Gasteiger partial charge is 0.257 e. The number of carbonyl (C=O) groups is 1. The topological polar surface area (TPSA) is 103 Å². The minimum atomic E-state index is -0.368. The van der Waals surface area contributed by atoms with Crippen LogP contribution in [0.2, 0.25) is 5.02 Å². The van der Waals surface area contributed by atoms with E-state index in [0.29, 0.717) is 39.2 Å². The van der Waals surface area contributed by atoms with Gasteiger partial charge in [-0.1, -0.05) is 29.8 Å². The van der Waals surface area contributed by atoms with Crippen molar-refractivity contribution in [2.45, 2.75) is 26.4 Å². The van der Waals surface area contributed by atoms with E-state index in [0.717, 1.165) is 5.56 Å². The van der Waals surface area contributed by atoms with Gasteiger partial charge in [-0.25, -0.2) is 4.98 Å². The fourth-order valence-electron chi connectivity index (χ4n) is 3.49. The molecule has 9 heteroatoms. The van der Waals surface area contributed by atoms with Gasteiger partial charge in [0.15, 0.2) is 11.5 Å². The van der Waals surface area contributed by atoms with Crippen molar-refractivity contribution < 1.29 is 19.4 Å². The predicted octanol–water partition coefficient (Wildman–Crippen LogP) is 2.74. The fraction of sp³-hybridized carbons (Fsp3) is 0.292. The fourth-order valence-corrected chi connectivity index (χ4v) is 3.68. The molecule has 1 heterocycles. The zero-order chi connectivity index (χ0) is 24.0. The molecule has 8 nitrogen and oxygen atoms in total. The Morgan fingerprint density at radius 1 is 1.15 bits per heavy atom. The molecule has 2 aromatic carbocycles. The van der Waals surface area contributed by atoms with Crippen molar-refractivity contribution in [2.24, 2.45) is 0 Å². The van der Waals surface area contributed by atoms with Gasteiger partial charge in [-0.15, -0.1) is 0 Å². The molecule has 0 spiro atoms. The first kappa shape index (κ1) is 24.3. The maximum atomic E-state index is 13.2. The Bertz CT molecular complexity index is 1210. The Kier molecular flexibility index (Phi) is 8.08. The van der Waals surface area contributed by atoms with Gasteiger partial charge < -0.3 is 19.9 Å². The minimum absolute atomic E-state index is 0.154. The van der Waals surface area contributed by atoms with Gasteiger partial charge in [0.2, 0.25) is 5.91 Å². The summed E-state index contributed by atoms with van der Waals surface area (Å²) in [4.78, 5) is 30.5. The van der Waals surface area contributed by atoms with E-state index in [1.54, 1.807) is 57.5 Å². The van der Waals surface area contributed by atoms with Crippen molar-refractivity contribution in [2.75, 3.05) is 20.8 Å². The summed E-state index contributed by atoms with van der Waals surface area (Å²) in [5.74, 6) is 1.12. The average molecular weight is 472 g/mol. The lowest BCUT2D eigenvalue weighted by Crippen LogP contribution is -2.35.